The fraction of sp³-hybridized carbons (Fsp3) is 0. The van der Waals surface area contributed by atoms with Crippen molar-refractivity contribution in [2.24, 2.45) is 0 Å². The Morgan fingerprint density at radius 1 is 0.101 bits per heavy atom. The highest BCUT2D eigenvalue weighted by Crippen LogP contribution is 2.32. The molecule has 0 N–H and O–H groups in total. The number of hydrogen-bond donors (Lipinski definition) is 0. The number of hydrogen-bond acceptors (Lipinski definition) is 0. The molecule has 0 saturated heterocycles. The highest BCUT2D eigenvalue weighted by Gasteiger charge is 2.70. The van der Waals surface area contributed by atoms with Crippen LogP contribution in [-0.4, -0.2) is 842 Å². The van der Waals surface area contributed by atoms with Gasteiger partial charge in [0.2, 0.25) is 0 Å². The quantitative estimate of drug-likeness (QED) is 0.0533. The fourth-order valence-corrected chi connectivity index (χ4v) is 21.7. The van der Waals surface area contributed by atoms with Gasteiger partial charge in [0, 0.05) is 248 Å². The predicted molar refractivity (Wildman–Crippen MR) is 685 cm³/mol. The zero-order valence-electron chi connectivity index (χ0n) is 68.7. The van der Waals surface area contributed by atoms with Crippen molar-refractivity contribution in [1.29, 1.82) is 0 Å². The van der Waals surface area contributed by atoms with Crippen LogP contribution in [0.3, 0.4) is 0 Å². The van der Waals surface area contributed by atoms with Gasteiger partial charge < -0.3 is 29.6 Å². The Labute approximate surface area is 832 Å². The van der Waals surface area contributed by atoms with Gasteiger partial charge in [0.15, 0.2) is 0 Å². The lowest BCUT2D eigenvalue weighted by atomic mass is 8.17. The molecule has 0 nitrogen and oxygen atoms in total. The summed E-state index contributed by atoms with van der Waals surface area (Å²) in [4.78, 5) is 0. The van der Waals surface area contributed by atoms with Crippen molar-refractivity contribution >= 4 is 842 Å². The molecule has 0 saturated carbocycles. The first-order valence-corrected chi connectivity index (χ1v) is 39.3. The van der Waals surface area contributed by atoms with Crippen molar-refractivity contribution < 1.29 is 0 Å². The third kappa shape index (κ3) is 34.1. The van der Waals surface area contributed by atoms with Crippen LogP contribution in [0.15, 0.2) is 0 Å². The van der Waals surface area contributed by atoms with Crippen molar-refractivity contribution in [3.63, 3.8) is 0 Å². The molecule has 0 amide bonds. The second kappa shape index (κ2) is 58.6. The van der Waals surface area contributed by atoms with Crippen molar-refractivity contribution in [2.75, 3.05) is 0 Å². The van der Waals surface area contributed by atoms with Crippen LogP contribution in [0.2, 0.25) is 0 Å². The Kier molecular flexibility index (Phi) is 62.4. The van der Waals surface area contributed by atoms with Crippen LogP contribution in [0.4, 0.5) is 0 Å². The minimum absolute atomic E-state index is 0.901. The summed E-state index contributed by atoms with van der Waals surface area (Å²) in [5, 5.41) is 0. The van der Waals surface area contributed by atoms with Crippen molar-refractivity contribution in [2.45, 2.75) is 0 Å². The summed E-state index contributed by atoms with van der Waals surface area (Å²) in [6.45, 7) is 0. The van der Waals surface area contributed by atoms with Crippen LogP contribution >= 0.6 is 0 Å². The van der Waals surface area contributed by atoms with Gasteiger partial charge in [0.25, 0.3) is 0 Å². The van der Waals surface area contributed by atoms with Gasteiger partial charge in [0.05, 0.1) is 0 Å². The van der Waals surface area contributed by atoms with E-state index in [1.807, 2.05) is 0 Å². The van der Waals surface area contributed by atoms with E-state index in [2.05, 4.69) is 0 Å². The maximum atomic E-state index is 7.75. The molecule has 360 valence electrons. The lowest BCUT2D eigenvalue weighted by Gasteiger charge is -2.65. The monoisotopic (exact) mass is 1310 g/mol. The smallest absolute Gasteiger partial charge is 0 e. The summed E-state index contributed by atoms with van der Waals surface area (Å²) in [6, 6.07) is 0. The molecule has 0 heterocycles. The highest BCUT2D eigenvalue weighted by atomic mass is 13.5. The second-order valence-electron chi connectivity index (χ2n) is 33.7. The molecule has 0 aliphatic carbocycles. The second-order valence-corrected chi connectivity index (χ2v) is 33.7. The zero-order chi connectivity index (χ0) is 94.2. The van der Waals surface area contributed by atoms with Gasteiger partial charge in [-0.25, -0.2) is 0 Å². The SMILES string of the molecule is [B]B([B])B(B([B])[B])B(B(B([B])[B])B([B])[B])B(B(B(B([B])[B])B([B])[B])B(B([B])[B])B([B])[B])B(B(B(B([B])[B])B([B])[B][B-])B(B(B([B])[B])B([B])[B])B(B([B])[B])B([B-])[B-])B(B(B(B(B([B])[B])B([B])[B])B(B([B])[B])B([B])[B])B(B(B([B])[B])B([B])[B])B(B([B])[B])B([B])[B])B(B(B(B([B])[B])B([B])[B])B(B([B])[B])B([B])[B])B(B(B([B])[B])B([B])[B])B(B([B])[B])B([B])[B]. The molecule has 0 aromatic carbocycles. The number of rotatable bonds is 58. The lowest BCUT2D eigenvalue weighted by molar-refractivity contribution is 3.11. The molecular formula is B119-3. The van der Waals surface area contributed by atoms with E-state index in [1.54, 1.807) is 0 Å². The zero-order valence-corrected chi connectivity index (χ0v) is 68.7. The minimum atomic E-state index is -2.64. The van der Waals surface area contributed by atoms with Gasteiger partial charge in [-0.2, -0.15) is 0 Å². The molecular weight excluding hydrogens is 1290 g/mol. The van der Waals surface area contributed by atoms with Gasteiger partial charge in [-0.05, 0) is 551 Å². The first kappa shape index (κ1) is 127. The molecule has 0 aliphatic rings. The molecule has 119 heavy (non-hydrogen) atoms. The Hall–Kier alpha value is 7.73. The van der Waals surface area contributed by atoms with Crippen LogP contribution in [0.1, 0.15) is 0 Å². The molecule has 0 bridgehead atoms. The maximum Gasteiger partial charge on any atom is 0 e. The third-order valence-electron chi connectivity index (χ3n) is 25.6. The van der Waals surface area contributed by atoms with Gasteiger partial charge in [-0.15, -0.1) is 0 Å². The summed E-state index contributed by atoms with van der Waals surface area (Å²) in [5.74, 6) is 0. The largest absolute Gasteiger partial charge is 0.729 e. The van der Waals surface area contributed by atoms with Crippen LogP contribution in [0.5, 0.6) is 0 Å². The third-order valence-corrected chi connectivity index (χ3v) is 25.6. The molecule has 0 rings (SSSR count). The molecule has 0 aromatic heterocycles. The average Bonchev–Trinajstić information content (AvgIpc) is 0.701. The summed E-state index contributed by atoms with van der Waals surface area (Å²) in [6.07, 6.45) is -121. The predicted octanol–water partition coefficient (Wildman–Crippen LogP) is -45.3. The highest BCUT2D eigenvalue weighted by molar-refractivity contribution is 8.46. The first-order chi connectivity index (χ1) is 54.2. The van der Waals surface area contributed by atoms with E-state index in [9.17, 15) is 0 Å². The molecule has 119 heteroatoms. The molecule has 0 atom stereocenters. The molecule has 0 spiro atoms. The van der Waals surface area contributed by atoms with E-state index < -0.39 is 370 Å². The fourth-order valence-electron chi connectivity index (χ4n) is 21.7. The van der Waals surface area contributed by atoms with Crippen molar-refractivity contribution in [3.8, 4) is 0 Å². The summed E-state index contributed by atoms with van der Waals surface area (Å²) in [5.41, 5.74) is 0. The van der Waals surface area contributed by atoms with Crippen LogP contribution < -0.4 is 0 Å². The van der Waals surface area contributed by atoms with E-state index in [1.165, 1.54) is 0 Å². The average molecular weight is 1290 g/mol. The van der Waals surface area contributed by atoms with Gasteiger partial charge >= 0.3 is 0 Å². The lowest BCUT2D eigenvalue weighted by Crippen LogP contribution is -3.02. The Morgan fingerprint density at radius 2 is 0.168 bits per heavy atom. The summed E-state index contributed by atoms with van der Waals surface area (Å²) >= 11 is 0. The van der Waals surface area contributed by atoms with Crippen LogP contribution in [-0.2, 0) is 0 Å². The van der Waals surface area contributed by atoms with Crippen LogP contribution in [0, 0.1) is 0 Å². The van der Waals surface area contributed by atoms with Gasteiger partial charge in [0.1, 0.15) is 0 Å². The first-order valence-electron chi connectivity index (χ1n) is 39.3. The Balaban J connectivity index is 16.5. The van der Waals surface area contributed by atoms with E-state index in [4.69, 9.17) is 464 Å². The van der Waals surface area contributed by atoms with E-state index in [0.717, 1.165) is 7.06 Å². The van der Waals surface area contributed by atoms with Crippen molar-refractivity contribution in [3.05, 3.63) is 0 Å². The standard InChI is InChI=1S/B119/c1-61-91(60)106(90(58)59)114(107(92(62(2)3)63(4)5)93(64(6)7)65(8)9)118(115(108(94(66(10)11)67(12)13)95(68(14)15)69(16)17)109(96(70(18)19)71(20)21)97(72(22)23)73(24)25)119(116(110(98(74(26)27)75(28)29)99(76(30)31)77(32)33)111(100(78(34)35)79(36)37)101(80(38)39)81(40)41)117(112(102(82(42)43)83(44)45)103(84(46)47)85(48)49)113(104(86(50)51)87(52)53)105(88(54)55)89(56)57/q-3. The molecule has 0 fully saturated rings. The molecule has 124 radical (unpaired) electrons. The Morgan fingerprint density at radius 3 is 0.235 bits per heavy atom. The van der Waals surface area contributed by atoms with Gasteiger partial charge in [-0.3, -0.25) is 7.06 Å². The summed E-state index contributed by atoms with van der Waals surface area (Å²) in [7, 11) is 440. The van der Waals surface area contributed by atoms with Crippen molar-refractivity contribution in [1.82, 2.24) is 0 Å². The normalized spacial score (nSPS) is 9.87. The molecule has 0 unspecified atom stereocenters. The molecule has 0 aliphatic heterocycles. The minimum Gasteiger partial charge on any atom is -0.729 e. The van der Waals surface area contributed by atoms with E-state index in [-0.39, 0.29) is 0 Å². The van der Waals surface area contributed by atoms with E-state index >= 15 is 0 Å². The Bertz CT molecular complexity index is 2070. The topological polar surface area (TPSA) is 0 Å². The summed E-state index contributed by atoms with van der Waals surface area (Å²) < 4.78 is 0. The van der Waals surface area contributed by atoms with Crippen LogP contribution in [0.25, 0.3) is 0 Å². The molecule has 0 aromatic rings. The van der Waals surface area contributed by atoms with Gasteiger partial charge in [-0.1, -0.05) is 6.39 Å². The maximum absolute atomic E-state index is 7.75. The van der Waals surface area contributed by atoms with E-state index in [0.29, 0.717) is 0 Å².